The minimum Gasteiger partial charge on any atom is -0.507 e. The van der Waals surface area contributed by atoms with E-state index in [1.807, 2.05) is 0 Å². The van der Waals surface area contributed by atoms with E-state index in [1.54, 1.807) is 12.1 Å². The Hall–Kier alpha value is -1.75. The molecule has 1 aromatic carbocycles. The number of aromatic hydroxyl groups is 1. The van der Waals surface area contributed by atoms with Crippen molar-refractivity contribution in [2.24, 2.45) is 5.92 Å². The van der Waals surface area contributed by atoms with Gasteiger partial charge >= 0.3 is 0 Å². The zero-order valence-electron chi connectivity index (χ0n) is 10.3. The van der Waals surface area contributed by atoms with Crippen molar-refractivity contribution in [3.05, 3.63) is 23.8 Å². The maximum Gasteiger partial charge on any atom is 0.255 e. The molecule has 2 N–H and O–H groups in total. The first-order chi connectivity index (χ1) is 8.70. The Labute approximate surface area is 106 Å². The van der Waals surface area contributed by atoms with Crippen molar-refractivity contribution in [3.8, 4) is 11.5 Å². The molecule has 18 heavy (non-hydrogen) atoms. The zero-order chi connectivity index (χ0) is 13.0. The number of ether oxygens (including phenoxy) is 2. The van der Waals surface area contributed by atoms with Gasteiger partial charge in [0.1, 0.15) is 11.5 Å². The molecule has 0 spiro atoms. The van der Waals surface area contributed by atoms with Crippen molar-refractivity contribution in [2.75, 3.05) is 26.9 Å². The lowest BCUT2D eigenvalue weighted by Gasteiger charge is -2.11. The summed E-state index contributed by atoms with van der Waals surface area (Å²) in [7, 11) is 1.51. The van der Waals surface area contributed by atoms with Gasteiger partial charge in [-0.2, -0.15) is 0 Å². The average molecular weight is 251 g/mol. The number of carbonyl (C=O) groups excluding carboxylic acids is 1. The summed E-state index contributed by atoms with van der Waals surface area (Å²) in [6.45, 7) is 2.02. The van der Waals surface area contributed by atoms with E-state index in [1.165, 1.54) is 13.2 Å². The molecular formula is C13H17NO4. The summed E-state index contributed by atoms with van der Waals surface area (Å²) < 4.78 is 10.2. The fourth-order valence-electron chi connectivity index (χ4n) is 1.91. The molecule has 0 bridgehead atoms. The van der Waals surface area contributed by atoms with Crippen LogP contribution in [0.1, 0.15) is 16.8 Å². The minimum atomic E-state index is -0.276. The van der Waals surface area contributed by atoms with Crippen LogP contribution < -0.4 is 10.1 Å². The summed E-state index contributed by atoms with van der Waals surface area (Å²) in [6, 6.07) is 4.62. The van der Waals surface area contributed by atoms with Crippen LogP contribution in [0.2, 0.25) is 0 Å². The molecule has 5 nitrogen and oxygen atoms in total. The molecule has 0 aromatic heterocycles. The summed E-state index contributed by atoms with van der Waals surface area (Å²) in [5.41, 5.74) is 0.259. The highest BCUT2D eigenvalue weighted by molar-refractivity contribution is 5.96. The van der Waals surface area contributed by atoms with E-state index in [0.717, 1.165) is 13.0 Å². The summed E-state index contributed by atoms with van der Waals surface area (Å²) in [6.07, 6.45) is 0.967. The average Bonchev–Trinajstić information content (AvgIpc) is 2.88. The van der Waals surface area contributed by atoms with E-state index in [-0.39, 0.29) is 17.2 Å². The molecule has 2 rings (SSSR count). The summed E-state index contributed by atoms with van der Waals surface area (Å²) in [4.78, 5) is 11.9. The zero-order valence-corrected chi connectivity index (χ0v) is 10.3. The smallest absolute Gasteiger partial charge is 0.255 e. The number of carbonyl (C=O) groups is 1. The third-order valence-corrected chi connectivity index (χ3v) is 3.02. The van der Waals surface area contributed by atoms with Crippen LogP contribution in [0.15, 0.2) is 18.2 Å². The Bertz CT molecular complexity index is 427. The normalized spacial score (nSPS) is 18.6. The molecular weight excluding hydrogens is 234 g/mol. The number of nitrogens with one attached hydrogen (secondary N) is 1. The van der Waals surface area contributed by atoms with Gasteiger partial charge in [-0.15, -0.1) is 0 Å². The molecule has 1 aliphatic heterocycles. The maximum atomic E-state index is 11.9. The van der Waals surface area contributed by atoms with Gasteiger partial charge in [-0.25, -0.2) is 0 Å². The molecule has 1 aromatic rings. The van der Waals surface area contributed by atoms with Gasteiger partial charge in [0.2, 0.25) is 0 Å². The van der Waals surface area contributed by atoms with Crippen LogP contribution in [0.3, 0.4) is 0 Å². The summed E-state index contributed by atoms with van der Waals surface area (Å²) in [5.74, 6) is 0.541. The van der Waals surface area contributed by atoms with E-state index in [4.69, 9.17) is 9.47 Å². The van der Waals surface area contributed by atoms with Crippen LogP contribution in [0.4, 0.5) is 0 Å². The van der Waals surface area contributed by atoms with Gasteiger partial charge in [0, 0.05) is 25.1 Å². The van der Waals surface area contributed by atoms with Gasteiger partial charge in [0.25, 0.3) is 5.91 Å². The van der Waals surface area contributed by atoms with E-state index in [9.17, 15) is 9.90 Å². The van der Waals surface area contributed by atoms with Crippen molar-refractivity contribution >= 4 is 5.91 Å². The minimum absolute atomic E-state index is 0.0745. The van der Waals surface area contributed by atoms with Crippen LogP contribution in [0.5, 0.6) is 11.5 Å². The highest BCUT2D eigenvalue weighted by Gasteiger charge is 2.18. The Morgan fingerprint density at radius 2 is 2.44 bits per heavy atom. The SMILES string of the molecule is COc1ccc(C(=O)NCC2CCOC2)c(O)c1. The van der Waals surface area contributed by atoms with Crippen LogP contribution in [-0.2, 0) is 4.74 Å². The van der Waals surface area contributed by atoms with Gasteiger partial charge in [0.15, 0.2) is 0 Å². The van der Waals surface area contributed by atoms with E-state index in [0.29, 0.717) is 24.8 Å². The van der Waals surface area contributed by atoms with Gasteiger partial charge in [-0.05, 0) is 18.6 Å². The second-order valence-electron chi connectivity index (χ2n) is 4.32. The van der Waals surface area contributed by atoms with Crippen molar-refractivity contribution < 1.29 is 19.4 Å². The highest BCUT2D eigenvalue weighted by Crippen LogP contribution is 2.23. The molecule has 1 amide bonds. The van der Waals surface area contributed by atoms with E-state index in [2.05, 4.69) is 5.32 Å². The molecule has 1 aliphatic rings. The highest BCUT2D eigenvalue weighted by atomic mass is 16.5. The first-order valence-electron chi connectivity index (χ1n) is 5.93. The summed E-state index contributed by atoms with van der Waals surface area (Å²) >= 11 is 0. The van der Waals surface area contributed by atoms with Crippen molar-refractivity contribution in [3.63, 3.8) is 0 Å². The third-order valence-electron chi connectivity index (χ3n) is 3.02. The molecule has 1 saturated heterocycles. The predicted octanol–water partition coefficient (Wildman–Crippen LogP) is 1.17. The Kier molecular flexibility index (Phi) is 4.04. The largest absolute Gasteiger partial charge is 0.507 e. The molecule has 0 aliphatic carbocycles. The number of amides is 1. The number of methoxy groups -OCH3 is 1. The van der Waals surface area contributed by atoms with Crippen molar-refractivity contribution in [1.29, 1.82) is 0 Å². The lowest BCUT2D eigenvalue weighted by Crippen LogP contribution is -2.29. The third kappa shape index (κ3) is 2.92. The lowest BCUT2D eigenvalue weighted by atomic mass is 10.1. The number of hydrogen-bond acceptors (Lipinski definition) is 4. The van der Waals surface area contributed by atoms with Gasteiger partial charge in [-0.3, -0.25) is 4.79 Å². The number of hydrogen-bond donors (Lipinski definition) is 2. The molecule has 1 unspecified atom stereocenters. The summed E-state index contributed by atoms with van der Waals surface area (Å²) in [5, 5.41) is 12.5. The number of rotatable bonds is 4. The van der Waals surface area contributed by atoms with Crippen LogP contribution in [0, 0.1) is 5.92 Å². The molecule has 5 heteroatoms. The lowest BCUT2D eigenvalue weighted by molar-refractivity contribution is 0.0942. The fourth-order valence-corrected chi connectivity index (χ4v) is 1.91. The topological polar surface area (TPSA) is 67.8 Å². The maximum absolute atomic E-state index is 11.9. The quantitative estimate of drug-likeness (QED) is 0.842. The van der Waals surface area contributed by atoms with Crippen LogP contribution >= 0.6 is 0 Å². The Morgan fingerprint density at radius 3 is 3.06 bits per heavy atom. The monoisotopic (exact) mass is 251 g/mol. The molecule has 1 fully saturated rings. The van der Waals surface area contributed by atoms with Crippen molar-refractivity contribution in [1.82, 2.24) is 5.32 Å². The van der Waals surface area contributed by atoms with Gasteiger partial charge in [-0.1, -0.05) is 0 Å². The second kappa shape index (κ2) is 5.73. The molecule has 0 saturated carbocycles. The standard InChI is InChI=1S/C13H17NO4/c1-17-10-2-3-11(12(15)6-10)13(16)14-7-9-4-5-18-8-9/h2-3,6,9,15H,4-5,7-8H2,1H3,(H,14,16). The molecule has 98 valence electrons. The molecule has 1 atom stereocenters. The number of phenols is 1. The predicted molar refractivity (Wildman–Crippen MR) is 65.9 cm³/mol. The first-order valence-corrected chi connectivity index (χ1v) is 5.93. The number of phenolic OH excluding ortho intramolecular Hbond substituents is 1. The first kappa shape index (κ1) is 12.7. The Balaban J connectivity index is 1.95. The molecule has 0 radical (unpaired) electrons. The van der Waals surface area contributed by atoms with Crippen molar-refractivity contribution in [2.45, 2.75) is 6.42 Å². The second-order valence-corrected chi connectivity index (χ2v) is 4.32. The number of benzene rings is 1. The van der Waals surface area contributed by atoms with E-state index < -0.39 is 0 Å². The molecule has 1 heterocycles. The van der Waals surface area contributed by atoms with Crippen LogP contribution in [-0.4, -0.2) is 37.9 Å². The fraction of sp³-hybridized carbons (Fsp3) is 0.462. The Morgan fingerprint density at radius 1 is 1.61 bits per heavy atom. The van der Waals surface area contributed by atoms with Crippen LogP contribution in [0.25, 0.3) is 0 Å². The van der Waals surface area contributed by atoms with Gasteiger partial charge < -0.3 is 19.9 Å². The van der Waals surface area contributed by atoms with Gasteiger partial charge in [0.05, 0.1) is 19.3 Å². The van der Waals surface area contributed by atoms with E-state index >= 15 is 0 Å².